The average Bonchev–Trinajstić information content (AvgIpc) is 3.12. The van der Waals surface area contributed by atoms with Crippen LogP contribution >= 0.6 is 11.3 Å². The molecule has 2 heterocycles. The van der Waals surface area contributed by atoms with E-state index in [1.54, 1.807) is 0 Å². The van der Waals surface area contributed by atoms with E-state index in [1.807, 2.05) is 17.2 Å². The van der Waals surface area contributed by atoms with E-state index in [0.717, 1.165) is 37.1 Å². The minimum Gasteiger partial charge on any atom is -0.342 e. The topological polar surface area (TPSA) is 62.3 Å². The van der Waals surface area contributed by atoms with Gasteiger partial charge in [-0.1, -0.05) is 19.1 Å². The van der Waals surface area contributed by atoms with Gasteiger partial charge in [0, 0.05) is 30.5 Å². The summed E-state index contributed by atoms with van der Waals surface area (Å²) < 4.78 is 0. The summed E-state index contributed by atoms with van der Waals surface area (Å²) in [4.78, 5) is 31.2. The third kappa shape index (κ3) is 4.75. The van der Waals surface area contributed by atoms with Gasteiger partial charge in [0.25, 0.3) is 0 Å². The minimum absolute atomic E-state index is 0.0371. The van der Waals surface area contributed by atoms with Crippen molar-refractivity contribution in [2.45, 2.75) is 46.5 Å². The molecule has 1 atom stereocenters. The van der Waals surface area contributed by atoms with Crippen LogP contribution in [-0.2, 0) is 9.59 Å². The number of amides is 2. The van der Waals surface area contributed by atoms with E-state index in [2.05, 4.69) is 42.3 Å². The molecule has 6 heteroatoms. The van der Waals surface area contributed by atoms with Crippen molar-refractivity contribution in [1.29, 1.82) is 0 Å². The number of hydrogen-bond acceptors (Lipinski definition) is 4. The Balaban J connectivity index is 1.63. The Labute approximate surface area is 164 Å². The molecule has 144 valence electrons. The highest BCUT2D eigenvalue weighted by Crippen LogP contribution is 2.27. The maximum absolute atomic E-state index is 12.7. The molecule has 27 heavy (non-hydrogen) atoms. The Morgan fingerprint density at radius 1 is 1.30 bits per heavy atom. The highest BCUT2D eigenvalue weighted by molar-refractivity contribution is 7.14. The van der Waals surface area contributed by atoms with Crippen molar-refractivity contribution in [3.8, 4) is 11.3 Å². The molecule has 0 spiro atoms. The Hall–Kier alpha value is -2.21. The second kappa shape index (κ2) is 8.65. The molecular formula is C21H27N3O2S. The van der Waals surface area contributed by atoms with Crippen molar-refractivity contribution in [2.24, 2.45) is 5.92 Å². The molecule has 0 bridgehead atoms. The number of nitrogens with one attached hydrogen (secondary N) is 1. The van der Waals surface area contributed by atoms with Crippen LogP contribution in [0.1, 0.15) is 43.7 Å². The summed E-state index contributed by atoms with van der Waals surface area (Å²) in [6.07, 6.45) is 3.09. The van der Waals surface area contributed by atoms with Crippen LogP contribution in [0.25, 0.3) is 11.3 Å². The van der Waals surface area contributed by atoms with Gasteiger partial charge in [-0.15, -0.1) is 11.3 Å². The normalized spacial score (nSPS) is 17.0. The SMILES string of the molecule is CCCC(=O)N1CCCC(C(=O)Nc2nc(-c3ccc(C)c(C)c3)cs2)C1. The van der Waals surface area contributed by atoms with E-state index in [0.29, 0.717) is 18.1 Å². The number of thiazole rings is 1. The second-order valence-corrected chi connectivity index (χ2v) is 8.11. The second-order valence-electron chi connectivity index (χ2n) is 7.26. The van der Waals surface area contributed by atoms with Crippen molar-refractivity contribution >= 4 is 28.3 Å². The number of rotatable bonds is 5. The summed E-state index contributed by atoms with van der Waals surface area (Å²) in [5.74, 6) is -0.0419. The van der Waals surface area contributed by atoms with Crippen LogP contribution in [0, 0.1) is 19.8 Å². The van der Waals surface area contributed by atoms with Crippen molar-refractivity contribution in [3.63, 3.8) is 0 Å². The van der Waals surface area contributed by atoms with Gasteiger partial charge >= 0.3 is 0 Å². The van der Waals surface area contributed by atoms with Crippen LogP contribution in [-0.4, -0.2) is 34.8 Å². The van der Waals surface area contributed by atoms with E-state index in [1.165, 1.54) is 22.5 Å². The Kier molecular flexibility index (Phi) is 6.26. The van der Waals surface area contributed by atoms with E-state index in [-0.39, 0.29) is 17.7 Å². The van der Waals surface area contributed by atoms with Crippen LogP contribution in [0.4, 0.5) is 5.13 Å². The lowest BCUT2D eigenvalue weighted by molar-refractivity contribution is -0.134. The van der Waals surface area contributed by atoms with Crippen molar-refractivity contribution in [2.75, 3.05) is 18.4 Å². The zero-order chi connectivity index (χ0) is 19.4. The predicted octanol–water partition coefficient (Wildman–Crippen LogP) is 4.40. The first-order valence-corrected chi connectivity index (χ1v) is 10.5. The number of nitrogens with zero attached hydrogens (tertiary/aromatic N) is 2. The van der Waals surface area contributed by atoms with Gasteiger partial charge in [-0.25, -0.2) is 4.98 Å². The third-order valence-corrected chi connectivity index (χ3v) is 5.90. The fourth-order valence-corrected chi connectivity index (χ4v) is 4.08. The number of carbonyl (C=O) groups excluding carboxylic acids is 2. The van der Waals surface area contributed by atoms with Crippen LogP contribution in [0.3, 0.4) is 0 Å². The Morgan fingerprint density at radius 2 is 2.11 bits per heavy atom. The van der Waals surface area contributed by atoms with Crippen LogP contribution in [0.5, 0.6) is 0 Å². The summed E-state index contributed by atoms with van der Waals surface area (Å²) in [6, 6.07) is 6.27. The lowest BCUT2D eigenvalue weighted by Gasteiger charge is -2.31. The van der Waals surface area contributed by atoms with Gasteiger partial charge in [0.2, 0.25) is 11.8 Å². The van der Waals surface area contributed by atoms with Gasteiger partial charge in [0.15, 0.2) is 5.13 Å². The summed E-state index contributed by atoms with van der Waals surface area (Å²) in [5, 5.41) is 5.54. The Morgan fingerprint density at radius 3 is 2.85 bits per heavy atom. The zero-order valence-electron chi connectivity index (χ0n) is 16.2. The summed E-state index contributed by atoms with van der Waals surface area (Å²) in [6.45, 7) is 7.45. The molecule has 0 aliphatic carbocycles. The fourth-order valence-electron chi connectivity index (χ4n) is 3.36. The number of aromatic nitrogens is 1. The number of aryl methyl sites for hydroxylation is 2. The first-order chi connectivity index (χ1) is 13.0. The molecule has 1 aliphatic heterocycles. The molecule has 2 aromatic rings. The first kappa shape index (κ1) is 19.5. The predicted molar refractivity (Wildman–Crippen MR) is 110 cm³/mol. The highest BCUT2D eigenvalue weighted by Gasteiger charge is 2.28. The highest BCUT2D eigenvalue weighted by atomic mass is 32.1. The number of benzene rings is 1. The third-order valence-electron chi connectivity index (χ3n) is 5.15. The van der Waals surface area contributed by atoms with E-state index in [4.69, 9.17) is 0 Å². The summed E-state index contributed by atoms with van der Waals surface area (Å²) in [5.41, 5.74) is 4.41. The van der Waals surface area contributed by atoms with Crippen molar-refractivity contribution in [1.82, 2.24) is 9.88 Å². The molecule has 1 saturated heterocycles. The van der Waals surface area contributed by atoms with Crippen molar-refractivity contribution in [3.05, 3.63) is 34.7 Å². The number of hydrogen-bond donors (Lipinski definition) is 1. The molecule has 2 amide bonds. The van der Waals surface area contributed by atoms with Crippen LogP contribution < -0.4 is 5.32 Å². The molecule has 1 fully saturated rings. The van der Waals surface area contributed by atoms with Gasteiger partial charge in [-0.3, -0.25) is 9.59 Å². The lowest BCUT2D eigenvalue weighted by atomic mass is 9.97. The van der Waals surface area contributed by atoms with E-state index < -0.39 is 0 Å². The number of anilines is 1. The molecule has 1 aromatic carbocycles. The first-order valence-electron chi connectivity index (χ1n) is 9.59. The van der Waals surface area contributed by atoms with Gasteiger partial charge in [0.1, 0.15) is 0 Å². The lowest BCUT2D eigenvalue weighted by Crippen LogP contribution is -2.43. The van der Waals surface area contributed by atoms with Gasteiger partial charge < -0.3 is 10.2 Å². The van der Waals surface area contributed by atoms with E-state index in [9.17, 15) is 9.59 Å². The molecular weight excluding hydrogens is 358 g/mol. The van der Waals surface area contributed by atoms with Gasteiger partial charge in [-0.2, -0.15) is 0 Å². The van der Waals surface area contributed by atoms with E-state index >= 15 is 0 Å². The van der Waals surface area contributed by atoms with Gasteiger partial charge in [-0.05, 0) is 50.3 Å². The molecule has 1 N–H and O–H groups in total. The molecule has 1 aromatic heterocycles. The van der Waals surface area contributed by atoms with Gasteiger partial charge in [0.05, 0.1) is 11.6 Å². The largest absolute Gasteiger partial charge is 0.342 e. The summed E-state index contributed by atoms with van der Waals surface area (Å²) >= 11 is 1.44. The molecule has 0 saturated carbocycles. The smallest absolute Gasteiger partial charge is 0.231 e. The zero-order valence-corrected chi connectivity index (χ0v) is 17.1. The average molecular weight is 386 g/mol. The molecule has 0 radical (unpaired) electrons. The molecule has 1 unspecified atom stereocenters. The maximum atomic E-state index is 12.7. The van der Waals surface area contributed by atoms with Crippen molar-refractivity contribution < 1.29 is 9.59 Å². The fraction of sp³-hybridized carbons (Fsp3) is 0.476. The standard InChI is InChI=1S/C21H27N3O2S/c1-4-6-19(25)24-10-5-7-17(12-24)20(26)23-21-22-18(13-27-21)16-9-8-14(2)15(3)11-16/h8-9,11,13,17H,4-7,10,12H2,1-3H3,(H,22,23,26). The number of piperidine rings is 1. The van der Waals surface area contributed by atoms with Crippen LogP contribution in [0.2, 0.25) is 0 Å². The maximum Gasteiger partial charge on any atom is 0.231 e. The molecule has 1 aliphatic rings. The minimum atomic E-state index is -0.159. The quantitative estimate of drug-likeness (QED) is 0.829. The monoisotopic (exact) mass is 385 g/mol. The Bertz CT molecular complexity index is 831. The number of likely N-dealkylation sites (tertiary alicyclic amines) is 1. The van der Waals surface area contributed by atoms with Crippen LogP contribution in [0.15, 0.2) is 23.6 Å². The molecule has 5 nitrogen and oxygen atoms in total. The number of carbonyl (C=O) groups is 2. The molecule has 3 rings (SSSR count). The summed E-state index contributed by atoms with van der Waals surface area (Å²) in [7, 11) is 0.